The number of nitrogens with zero attached hydrogens (tertiary/aromatic N) is 2. The van der Waals surface area contributed by atoms with E-state index in [-0.39, 0.29) is 17.9 Å². The first-order valence-corrected chi connectivity index (χ1v) is 8.40. The van der Waals surface area contributed by atoms with E-state index in [1.807, 2.05) is 37.5 Å². The topological polar surface area (TPSA) is 65.4 Å². The van der Waals surface area contributed by atoms with E-state index in [0.29, 0.717) is 13.2 Å². The van der Waals surface area contributed by atoms with E-state index < -0.39 is 0 Å². The van der Waals surface area contributed by atoms with Crippen molar-refractivity contribution >= 4 is 5.91 Å². The molecule has 0 spiro atoms. The maximum absolute atomic E-state index is 12.6. The van der Waals surface area contributed by atoms with Crippen molar-refractivity contribution in [2.24, 2.45) is 0 Å². The van der Waals surface area contributed by atoms with Gasteiger partial charge in [-0.1, -0.05) is 6.07 Å². The molecule has 3 heterocycles. The molecule has 1 aromatic heterocycles. The average molecular weight is 327 g/mol. The number of amides is 1. The molecule has 1 amide bonds. The van der Waals surface area contributed by atoms with E-state index in [4.69, 9.17) is 9.47 Å². The largest absolute Gasteiger partial charge is 0.486 e. The molecule has 6 nitrogen and oxygen atoms in total. The van der Waals surface area contributed by atoms with Gasteiger partial charge in [-0.3, -0.25) is 4.79 Å². The van der Waals surface area contributed by atoms with Gasteiger partial charge < -0.3 is 19.4 Å². The Balaban J connectivity index is 1.43. The Kier molecular flexibility index (Phi) is 3.88. The van der Waals surface area contributed by atoms with Gasteiger partial charge in [0.2, 0.25) is 5.91 Å². The maximum atomic E-state index is 12.6. The fourth-order valence-corrected chi connectivity index (χ4v) is 3.29. The molecule has 2 aliphatic heterocycles. The van der Waals surface area contributed by atoms with Gasteiger partial charge >= 0.3 is 0 Å². The van der Waals surface area contributed by atoms with Crippen LogP contribution in [0.5, 0.6) is 11.5 Å². The fraction of sp³-hybridized carbons (Fsp3) is 0.444. The first kappa shape index (κ1) is 15.1. The van der Waals surface area contributed by atoms with Gasteiger partial charge in [0.25, 0.3) is 0 Å². The molecule has 0 fully saturated rings. The second-order valence-electron chi connectivity index (χ2n) is 6.36. The van der Waals surface area contributed by atoms with Crippen LogP contribution in [0.15, 0.2) is 30.6 Å². The molecular weight excluding hydrogens is 306 g/mol. The van der Waals surface area contributed by atoms with Crippen LogP contribution in [0, 0.1) is 0 Å². The number of carbonyl (C=O) groups is 1. The third kappa shape index (κ3) is 2.84. The van der Waals surface area contributed by atoms with Gasteiger partial charge in [0.1, 0.15) is 19.0 Å². The van der Waals surface area contributed by atoms with Crippen LogP contribution in [0.1, 0.15) is 30.7 Å². The number of nitrogens with one attached hydrogen (secondary N) is 1. The highest BCUT2D eigenvalue weighted by molar-refractivity contribution is 5.83. The van der Waals surface area contributed by atoms with Crippen molar-refractivity contribution in [3.63, 3.8) is 0 Å². The number of ether oxygens (including phenoxy) is 2. The van der Waals surface area contributed by atoms with E-state index in [2.05, 4.69) is 14.9 Å². The highest BCUT2D eigenvalue weighted by Gasteiger charge is 2.24. The second-order valence-corrected chi connectivity index (χ2v) is 6.36. The van der Waals surface area contributed by atoms with Crippen LogP contribution in [0.2, 0.25) is 0 Å². The smallest absolute Gasteiger partial charge is 0.227 e. The first-order chi connectivity index (χ1) is 11.7. The Labute approximate surface area is 140 Å². The molecule has 0 saturated carbocycles. The molecule has 4 rings (SSSR count). The SMILES string of the molecule is C[C@@H](C(=O)N[C@H]1CCc2nccn2C1)c1ccc2c(c1)OCCO2. The van der Waals surface area contributed by atoms with Gasteiger partial charge in [-0.2, -0.15) is 0 Å². The minimum Gasteiger partial charge on any atom is -0.486 e. The van der Waals surface area contributed by atoms with Crippen LogP contribution >= 0.6 is 0 Å². The van der Waals surface area contributed by atoms with Crippen molar-refractivity contribution in [1.82, 2.24) is 14.9 Å². The van der Waals surface area contributed by atoms with Crippen LogP contribution in [-0.2, 0) is 17.8 Å². The highest BCUT2D eigenvalue weighted by Crippen LogP contribution is 2.33. The molecule has 2 aliphatic rings. The lowest BCUT2D eigenvalue weighted by Crippen LogP contribution is -2.42. The number of aryl methyl sites for hydroxylation is 1. The molecule has 2 atom stereocenters. The van der Waals surface area contributed by atoms with Crippen molar-refractivity contribution < 1.29 is 14.3 Å². The number of hydrogen-bond acceptors (Lipinski definition) is 4. The molecule has 1 aromatic carbocycles. The summed E-state index contributed by atoms with van der Waals surface area (Å²) in [5, 5.41) is 3.17. The molecule has 2 aromatic rings. The lowest BCUT2D eigenvalue weighted by molar-refractivity contribution is -0.123. The third-order valence-corrected chi connectivity index (χ3v) is 4.74. The zero-order valence-corrected chi connectivity index (χ0v) is 13.7. The number of imidazole rings is 1. The van der Waals surface area contributed by atoms with E-state index in [9.17, 15) is 4.79 Å². The van der Waals surface area contributed by atoms with Crippen molar-refractivity contribution in [3.05, 3.63) is 42.0 Å². The normalized spacial score (nSPS) is 20.1. The zero-order valence-electron chi connectivity index (χ0n) is 13.7. The Morgan fingerprint density at radius 2 is 2.17 bits per heavy atom. The van der Waals surface area contributed by atoms with Gasteiger partial charge in [-0.25, -0.2) is 4.98 Å². The fourth-order valence-electron chi connectivity index (χ4n) is 3.29. The predicted molar refractivity (Wildman–Crippen MR) is 88.3 cm³/mol. The van der Waals surface area contributed by atoms with E-state index in [1.54, 1.807) is 0 Å². The summed E-state index contributed by atoms with van der Waals surface area (Å²) in [6, 6.07) is 5.88. The summed E-state index contributed by atoms with van der Waals surface area (Å²) in [5.74, 6) is 2.38. The number of hydrogen-bond donors (Lipinski definition) is 1. The summed E-state index contributed by atoms with van der Waals surface area (Å²) in [6.07, 6.45) is 5.61. The minimum atomic E-state index is -0.231. The summed E-state index contributed by atoms with van der Waals surface area (Å²) in [6.45, 7) is 3.83. The Morgan fingerprint density at radius 1 is 1.33 bits per heavy atom. The van der Waals surface area contributed by atoms with Gasteiger partial charge in [-0.15, -0.1) is 0 Å². The molecule has 0 radical (unpaired) electrons. The summed E-state index contributed by atoms with van der Waals surface area (Å²) in [4.78, 5) is 16.9. The molecule has 126 valence electrons. The first-order valence-electron chi connectivity index (χ1n) is 8.40. The standard InChI is InChI=1S/C18H21N3O3/c1-12(13-2-4-15-16(10-13)24-9-8-23-15)18(22)20-14-3-5-17-19-6-7-21(17)11-14/h2,4,6-7,10,12,14H,3,5,8-9,11H2,1H3,(H,20,22)/t12-,14+/m1/s1. The summed E-state index contributed by atoms with van der Waals surface area (Å²) in [5.41, 5.74) is 0.941. The van der Waals surface area contributed by atoms with Crippen LogP contribution in [0.4, 0.5) is 0 Å². The van der Waals surface area contributed by atoms with Gasteiger partial charge in [0.15, 0.2) is 11.5 Å². The lowest BCUT2D eigenvalue weighted by Gasteiger charge is -2.26. The minimum absolute atomic E-state index is 0.0419. The number of benzene rings is 1. The summed E-state index contributed by atoms with van der Waals surface area (Å²) in [7, 11) is 0. The van der Waals surface area contributed by atoms with E-state index in [0.717, 1.165) is 42.3 Å². The van der Waals surface area contributed by atoms with Gasteiger partial charge in [-0.05, 0) is 31.0 Å². The molecule has 24 heavy (non-hydrogen) atoms. The molecule has 0 unspecified atom stereocenters. The molecule has 1 N–H and O–H groups in total. The van der Waals surface area contributed by atoms with Crippen molar-refractivity contribution in [3.8, 4) is 11.5 Å². The quantitative estimate of drug-likeness (QED) is 0.935. The molecule has 0 bridgehead atoms. The van der Waals surface area contributed by atoms with E-state index >= 15 is 0 Å². The molecular formula is C18H21N3O3. The highest BCUT2D eigenvalue weighted by atomic mass is 16.6. The van der Waals surface area contributed by atoms with E-state index in [1.165, 1.54) is 0 Å². The monoisotopic (exact) mass is 327 g/mol. The summed E-state index contributed by atoms with van der Waals surface area (Å²) < 4.78 is 13.3. The Bertz CT molecular complexity index is 756. The Morgan fingerprint density at radius 3 is 3.04 bits per heavy atom. The number of carbonyl (C=O) groups excluding carboxylic acids is 1. The van der Waals surface area contributed by atoms with Gasteiger partial charge in [0, 0.05) is 31.4 Å². The Hall–Kier alpha value is -2.50. The number of fused-ring (bicyclic) bond motifs is 2. The number of rotatable bonds is 3. The van der Waals surface area contributed by atoms with Crippen molar-refractivity contribution in [1.29, 1.82) is 0 Å². The second kappa shape index (κ2) is 6.19. The number of aromatic nitrogens is 2. The van der Waals surface area contributed by atoms with Crippen LogP contribution in [0.3, 0.4) is 0 Å². The summed E-state index contributed by atoms with van der Waals surface area (Å²) >= 11 is 0. The maximum Gasteiger partial charge on any atom is 0.227 e. The molecule has 0 saturated heterocycles. The zero-order chi connectivity index (χ0) is 16.5. The lowest BCUT2D eigenvalue weighted by atomic mass is 9.98. The van der Waals surface area contributed by atoms with Gasteiger partial charge in [0.05, 0.1) is 5.92 Å². The average Bonchev–Trinajstić information content (AvgIpc) is 3.08. The van der Waals surface area contributed by atoms with Crippen LogP contribution in [0.25, 0.3) is 0 Å². The molecule has 0 aliphatic carbocycles. The third-order valence-electron chi connectivity index (χ3n) is 4.74. The van der Waals surface area contributed by atoms with Crippen molar-refractivity contribution in [2.45, 2.75) is 38.3 Å². The van der Waals surface area contributed by atoms with Crippen LogP contribution < -0.4 is 14.8 Å². The van der Waals surface area contributed by atoms with Crippen LogP contribution in [-0.4, -0.2) is 34.7 Å². The predicted octanol–water partition coefficient (Wildman–Crippen LogP) is 1.89. The van der Waals surface area contributed by atoms with Crippen molar-refractivity contribution in [2.75, 3.05) is 13.2 Å². The molecule has 6 heteroatoms.